The van der Waals surface area contributed by atoms with Crippen LogP contribution in [0.4, 0.5) is 4.79 Å². The number of carboxylic acids is 1. The highest BCUT2D eigenvalue weighted by Gasteiger charge is 2.20. The van der Waals surface area contributed by atoms with E-state index in [0.717, 1.165) is 12.8 Å². The van der Waals surface area contributed by atoms with Gasteiger partial charge in [-0.1, -0.05) is 0 Å². The summed E-state index contributed by atoms with van der Waals surface area (Å²) < 4.78 is 6.68. The summed E-state index contributed by atoms with van der Waals surface area (Å²) in [5, 5.41) is 25.7. The van der Waals surface area contributed by atoms with Crippen molar-refractivity contribution in [1.82, 2.24) is 30.4 Å². The molecule has 164 valence electrons. The van der Waals surface area contributed by atoms with Crippen LogP contribution in [0.1, 0.15) is 32.1 Å². The van der Waals surface area contributed by atoms with E-state index in [-0.39, 0.29) is 24.5 Å². The normalized spacial score (nSPS) is 11.7. The van der Waals surface area contributed by atoms with Gasteiger partial charge in [0.05, 0.1) is 19.1 Å². The Balaban J connectivity index is 1.62. The van der Waals surface area contributed by atoms with Gasteiger partial charge in [0.25, 0.3) is 5.56 Å². The summed E-state index contributed by atoms with van der Waals surface area (Å²) in [6.07, 6.45) is 4.71. The number of aromatic amines is 1. The van der Waals surface area contributed by atoms with E-state index in [2.05, 4.69) is 25.7 Å². The Bertz CT molecular complexity index is 924. The van der Waals surface area contributed by atoms with Gasteiger partial charge in [0.15, 0.2) is 11.6 Å². The zero-order chi connectivity index (χ0) is 21.9. The molecule has 0 aliphatic heterocycles. The fourth-order valence-electron chi connectivity index (χ4n) is 2.74. The molecule has 0 aliphatic carbocycles. The third-order valence-corrected chi connectivity index (χ3v) is 4.26. The number of nitrogens with two attached hydrogens (primary N) is 1. The van der Waals surface area contributed by atoms with Crippen LogP contribution < -0.4 is 21.9 Å². The number of amides is 1. The predicted molar refractivity (Wildman–Crippen MR) is 107 cm³/mol. The fraction of sp³-hybridized carbons (Fsp3) is 0.529. The number of H-pyrrole nitrogens is 1. The van der Waals surface area contributed by atoms with Crippen LogP contribution in [0.25, 0.3) is 11.0 Å². The van der Waals surface area contributed by atoms with Crippen LogP contribution in [0.3, 0.4) is 0 Å². The maximum absolute atomic E-state index is 11.8. The molecule has 13 nitrogen and oxygen atoms in total. The van der Waals surface area contributed by atoms with E-state index in [9.17, 15) is 14.4 Å². The summed E-state index contributed by atoms with van der Waals surface area (Å²) in [6, 6.07) is -1.07. The van der Waals surface area contributed by atoms with E-state index in [1.165, 1.54) is 12.5 Å². The van der Waals surface area contributed by atoms with Crippen molar-refractivity contribution in [1.29, 1.82) is 5.41 Å². The first-order chi connectivity index (χ1) is 14.4. The Morgan fingerprint density at radius 1 is 1.33 bits per heavy atom. The molecule has 30 heavy (non-hydrogen) atoms. The van der Waals surface area contributed by atoms with E-state index in [1.54, 1.807) is 4.68 Å². The van der Waals surface area contributed by atoms with E-state index in [1.807, 2.05) is 0 Å². The van der Waals surface area contributed by atoms with E-state index in [0.29, 0.717) is 37.0 Å². The number of alkyl carbamates (subject to hydrolysis) is 1. The summed E-state index contributed by atoms with van der Waals surface area (Å²) in [5.41, 5.74) is 5.43. The number of carbonyl (C=O) groups is 2. The van der Waals surface area contributed by atoms with Crippen molar-refractivity contribution in [2.24, 2.45) is 5.73 Å². The summed E-state index contributed by atoms with van der Waals surface area (Å²) in [4.78, 5) is 41.2. The molecule has 13 heteroatoms. The second-order valence-corrected chi connectivity index (χ2v) is 6.55. The maximum Gasteiger partial charge on any atom is 0.407 e. The lowest BCUT2D eigenvalue weighted by atomic mass is 10.1. The van der Waals surface area contributed by atoms with Gasteiger partial charge >= 0.3 is 12.1 Å². The Morgan fingerprint density at radius 3 is 2.87 bits per heavy atom. The van der Waals surface area contributed by atoms with E-state index < -0.39 is 18.1 Å². The van der Waals surface area contributed by atoms with Crippen LogP contribution in [-0.4, -0.2) is 62.1 Å². The molecule has 2 heterocycles. The van der Waals surface area contributed by atoms with Gasteiger partial charge in [-0.05, 0) is 32.1 Å². The zero-order valence-corrected chi connectivity index (χ0v) is 16.4. The van der Waals surface area contributed by atoms with Gasteiger partial charge < -0.3 is 31.2 Å². The number of unbranched alkanes of at least 4 members (excludes halogenated alkanes) is 2. The topological polar surface area (TPSA) is 201 Å². The smallest absolute Gasteiger partial charge is 0.407 e. The van der Waals surface area contributed by atoms with Crippen LogP contribution in [0.15, 0.2) is 17.3 Å². The van der Waals surface area contributed by atoms with Gasteiger partial charge in [-0.2, -0.15) is 5.10 Å². The first-order valence-electron chi connectivity index (χ1n) is 9.51. The van der Waals surface area contributed by atoms with Gasteiger partial charge in [0, 0.05) is 13.1 Å². The Morgan fingerprint density at radius 2 is 2.13 bits per heavy atom. The Labute approximate surface area is 171 Å². The minimum atomic E-state index is -1.16. The van der Waals surface area contributed by atoms with Crippen molar-refractivity contribution in [3.8, 4) is 0 Å². The molecule has 0 aromatic carbocycles. The second kappa shape index (κ2) is 11.4. The number of hydrogen-bond acceptors (Lipinski definition) is 7. The molecule has 0 saturated carbocycles. The summed E-state index contributed by atoms with van der Waals surface area (Å²) in [5.74, 6) is -1.35. The number of hydrogen-bond donors (Lipinski definition) is 6. The SMILES string of the molecule is N=C(N)NCCC[C@H](NC(=O)OCCCCCn1ncc2c(=O)[nH]cnc21)C(=O)O. The van der Waals surface area contributed by atoms with Gasteiger partial charge in [-0.25, -0.2) is 19.3 Å². The van der Waals surface area contributed by atoms with Gasteiger partial charge in [0.2, 0.25) is 0 Å². The average molecular weight is 422 g/mol. The molecule has 0 bridgehead atoms. The molecule has 0 saturated heterocycles. The van der Waals surface area contributed by atoms with Crippen LogP contribution in [0, 0.1) is 5.41 Å². The lowest BCUT2D eigenvalue weighted by Crippen LogP contribution is -2.42. The van der Waals surface area contributed by atoms with E-state index in [4.69, 9.17) is 21.0 Å². The standard InChI is InChI=1S/C17H26N8O5/c18-16(19)20-6-4-5-12(15(27)28)24-17(29)30-8-3-1-2-7-25-13-11(9-23-25)14(26)22-10-21-13/h9-10,12H,1-8H2,(H,24,29)(H,27,28)(H4,18,19,20)(H,21,22,26)/t12-/m0/s1. The highest BCUT2D eigenvalue weighted by atomic mass is 16.5. The molecule has 2 aromatic heterocycles. The number of guanidine groups is 1. The molecule has 1 amide bonds. The number of ether oxygens (including phenoxy) is 1. The second-order valence-electron chi connectivity index (χ2n) is 6.55. The number of carboxylic acid groups (broad SMARTS) is 1. The Hall–Kier alpha value is -3.64. The van der Waals surface area contributed by atoms with Crippen LogP contribution >= 0.6 is 0 Å². The minimum Gasteiger partial charge on any atom is -0.480 e. The molecule has 7 N–H and O–H groups in total. The number of rotatable bonds is 12. The van der Waals surface area contributed by atoms with Gasteiger partial charge in [-0.3, -0.25) is 10.2 Å². The molecule has 2 aromatic rings. The van der Waals surface area contributed by atoms with Gasteiger partial charge in [-0.15, -0.1) is 0 Å². The molecule has 0 radical (unpaired) electrons. The summed E-state index contributed by atoms with van der Waals surface area (Å²) in [6.45, 7) is 1.06. The third kappa shape index (κ3) is 7.07. The van der Waals surface area contributed by atoms with E-state index >= 15 is 0 Å². The van der Waals surface area contributed by atoms with Crippen LogP contribution in [0.5, 0.6) is 0 Å². The lowest BCUT2D eigenvalue weighted by Gasteiger charge is -2.14. The molecule has 0 spiro atoms. The molecule has 0 aliphatic rings. The van der Waals surface area contributed by atoms with Crippen LogP contribution in [-0.2, 0) is 16.1 Å². The monoisotopic (exact) mass is 422 g/mol. The van der Waals surface area contributed by atoms with Gasteiger partial charge in [0.1, 0.15) is 11.4 Å². The van der Waals surface area contributed by atoms with Crippen LogP contribution in [0.2, 0.25) is 0 Å². The van der Waals surface area contributed by atoms with Crippen molar-refractivity contribution in [2.75, 3.05) is 13.2 Å². The quantitative estimate of drug-likeness (QED) is 0.151. The van der Waals surface area contributed by atoms with Crippen molar-refractivity contribution in [3.63, 3.8) is 0 Å². The highest BCUT2D eigenvalue weighted by molar-refractivity contribution is 5.79. The molecular weight excluding hydrogens is 396 g/mol. The Kier molecular flexibility index (Phi) is 8.59. The van der Waals surface area contributed by atoms with Crippen molar-refractivity contribution >= 4 is 29.1 Å². The van der Waals surface area contributed by atoms with Crippen molar-refractivity contribution in [2.45, 2.75) is 44.7 Å². The average Bonchev–Trinajstić information content (AvgIpc) is 3.11. The number of nitrogens with zero attached hydrogens (tertiary/aromatic N) is 3. The molecular formula is C17H26N8O5. The number of aliphatic carboxylic acids is 1. The molecule has 2 rings (SSSR count). The highest BCUT2D eigenvalue weighted by Crippen LogP contribution is 2.07. The zero-order valence-electron chi connectivity index (χ0n) is 16.4. The largest absolute Gasteiger partial charge is 0.480 e. The maximum atomic E-state index is 11.8. The first kappa shape index (κ1) is 22.6. The first-order valence-corrected chi connectivity index (χ1v) is 9.51. The summed E-state index contributed by atoms with van der Waals surface area (Å²) >= 11 is 0. The minimum absolute atomic E-state index is 0.155. The lowest BCUT2D eigenvalue weighted by molar-refractivity contribution is -0.139. The number of nitrogens with one attached hydrogen (secondary N) is 4. The fourth-order valence-corrected chi connectivity index (χ4v) is 2.74. The van der Waals surface area contributed by atoms with Crippen molar-refractivity contribution in [3.05, 3.63) is 22.9 Å². The van der Waals surface area contributed by atoms with Crippen molar-refractivity contribution < 1.29 is 19.4 Å². The predicted octanol–water partition coefficient (Wildman–Crippen LogP) is -0.267. The molecule has 0 fully saturated rings. The molecule has 1 atom stereocenters. The number of aryl methyl sites for hydroxylation is 1. The number of aromatic nitrogens is 4. The number of carbonyl (C=O) groups excluding carboxylic acids is 1. The summed E-state index contributed by atoms with van der Waals surface area (Å²) in [7, 11) is 0. The molecule has 0 unspecified atom stereocenters. The number of fused-ring (bicyclic) bond motifs is 1. The third-order valence-electron chi connectivity index (χ3n) is 4.26.